The fourth-order valence-electron chi connectivity index (χ4n) is 3.15. The maximum atomic E-state index is 6.12. The Morgan fingerprint density at radius 3 is 2.84 bits per heavy atom. The van der Waals surface area contributed by atoms with Crippen molar-refractivity contribution in [2.24, 2.45) is 5.73 Å². The van der Waals surface area contributed by atoms with Crippen LogP contribution < -0.4 is 5.73 Å². The molecule has 0 bridgehead atoms. The lowest BCUT2D eigenvalue weighted by molar-refractivity contribution is 0.132. The van der Waals surface area contributed by atoms with Gasteiger partial charge in [0, 0.05) is 30.6 Å². The summed E-state index contributed by atoms with van der Waals surface area (Å²) in [5.41, 5.74) is 7.51. The predicted octanol–water partition coefficient (Wildman–Crippen LogP) is 2.47. The predicted molar refractivity (Wildman–Crippen MR) is 83.8 cm³/mol. The Bertz CT molecular complexity index is 390. The fourth-order valence-corrected chi connectivity index (χ4v) is 4.22. The zero-order valence-corrected chi connectivity index (χ0v) is 13.2. The molecule has 1 aromatic rings. The van der Waals surface area contributed by atoms with Crippen LogP contribution in [0.2, 0.25) is 0 Å². The monoisotopic (exact) mass is 281 g/mol. The van der Waals surface area contributed by atoms with Gasteiger partial charge < -0.3 is 10.6 Å². The van der Waals surface area contributed by atoms with Gasteiger partial charge in [-0.25, -0.2) is 0 Å². The van der Waals surface area contributed by atoms with Gasteiger partial charge in [-0.2, -0.15) is 0 Å². The number of nitrogens with zero attached hydrogens (tertiary/aromatic N) is 2. The summed E-state index contributed by atoms with van der Waals surface area (Å²) >= 11 is 1.86. The summed E-state index contributed by atoms with van der Waals surface area (Å²) in [5, 5.41) is 2.19. The van der Waals surface area contributed by atoms with Crippen LogP contribution in [0.25, 0.3) is 0 Å². The van der Waals surface area contributed by atoms with Gasteiger partial charge in [0.05, 0.1) is 6.04 Å². The zero-order chi connectivity index (χ0) is 13.8. The van der Waals surface area contributed by atoms with Crippen molar-refractivity contribution in [3.63, 3.8) is 0 Å². The zero-order valence-electron chi connectivity index (χ0n) is 12.4. The number of hydrogen-bond donors (Lipinski definition) is 1. The van der Waals surface area contributed by atoms with Crippen molar-refractivity contribution in [2.75, 3.05) is 33.2 Å². The maximum Gasteiger partial charge on any atom is 0.0569 e. The number of likely N-dealkylation sites (N-methyl/N-ethyl adjacent to an activating group) is 1. The number of thiophene rings is 1. The van der Waals surface area contributed by atoms with Gasteiger partial charge >= 0.3 is 0 Å². The van der Waals surface area contributed by atoms with Gasteiger partial charge in [-0.05, 0) is 50.4 Å². The SMILES string of the molecule is CCC1CN(C)CCCN1C(CN)c1sccc1C. The molecule has 19 heavy (non-hydrogen) atoms. The van der Waals surface area contributed by atoms with E-state index in [-0.39, 0.29) is 0 Å². The van der Waals surface area contributed by atoms with Crippen LogP contribution in [0.3, 0.4) is 0 Å². The van der Waals surface area contributed by atoms with Gasteiger partial charge in [-0.15, -0.1) is 11.3 Å². The molecule has 0 aliphatic carbocycles. The molecule has 2 N–H and O–H groups in total. The van der Waals surface area contributed by atoms with Crippen molar-refractivity contribution in [1.82, 2.24) is 9.80 Å². The van der Waals surface area contributed by atoms with Crippen LogP contribution in [0.5, 0.6) is 0 Å². The minimum atomic E-state index is 0.399. The van der Waals surface area contributed by atoms with Crippen molar-refractivity contribution < 1.29 is 0 Å². The molecule has 2 heterocycles. The van der Waals surface area contributed by atoms with Crippen molar-refractivity contribution in [3.8, 4) is 0 Å². The molecule has 0 spiro atoms. The molecule has 2 rings (SSSR count). The fraction of sp³-hybridized carbons (Fsp3) is 0.733. The van der Waals surface area contributed by atoms with Crippen molar-refractivity contribution >= 4 is 11.3 Å². The molecule has 2 atom stereocenters. The van der Waals surface area contributed by atoms with E-state index in [9.17, 15) is 0 Å². The van der Waals surface area contributed by atoms with Crippen LogP contribution in [0.15, 0.2) is 11.4 Å². The second kappa shape index (κ2) is 6.84. The Labute approximate surface area is 121 Å². The highest BCUT2D eigenvalue weighted by molar-refractivity contribution is 7.10. The summed E-state index contributed by atoms with van der Waals surface area (Å²) in [7, 11) is 2.24. The quantitative estimate of drug-likeness (QED) is 0.920. The lowest BCUT2D eigenvalue weighted by Gasteiger charge is -2.36. The number of rotatable bonds is 4. The number of nitrogens with two attached hydrogens (primary N) is 1. The van der Waals surface area contributed by atoms with Crippen molar-refractivity contribution in [2.45, 2.75) is 38.8 Å². The Kier molecular flexibility index (Phi) is 5.39. The van der Waals surface area contributed by atoms with E-state index in [0.29, 0.717) is 12.1 Å². The summed E-state index contributed by atoms with van der Waals surface area (Å²) in [5.74, 6) is 0. The highest BCUT2D eigenvalue weighted by Crippen LogP contribution is 2.31. The summed E-state index contributed by atoms with van der Waals surface area (Å²) in [6, 6.07) is 3.24. The second-order valence-electron chi connectivity index (χ2n) is 5.64. The van der Waals surface area contributed by atoms with E-state index in [0.717, 1.165) is 13.1 Å². The van der Waals surface area contributed by atoms with Crippen LogP contribution in [0.1, 0.15) is 36.2 Å². The molecule has 108 valence electrons. The Balaban J connectivity index is 2.22. The lowest BCUT2D eigenvalue weighted by atomic mass is 10.1. The third-order valence-electron chi connectivity index (χ3n) is 4.25. The highest BCUT2D eigenvalue weighted by atomic mass is 32.1. The molecule has 4 heteroatoms. The van der Waals surface area contributed by atoms with Gasteiger partial charge in [0.25, 0.3) is 0 Å². The average molecular weight is 281 g/mol. The summed E-state index contributed by atoms with van der Waals surface area (Å²) in [6.07, 6.45) is 2.44. The maximum absolute atomic E-state index is 6.12. The number of aryl methyl sites for hydroxylation is 1. The molecule has 1 fully saturated rings. The minimum Gasteiger partial charge on any atom is -0.329 e. The highest BCUT2D eigenvalue weighted by Gasteiger charge is 2.29. The molecular formula is C15H27N3S. The molecule has 1 aromatic heterocycles. The molecule has 0 amide bonds. The normalized spacial score (nSPS) is 24.3. The lowest BCUT2D eigenvalue weighted by Crippen LogP contribution is -2.44. The summed E-state index contributed by atoms with van der Waals surface area (Å²) in [4.78, 5) is 6.58. The van der Waals surface area contributed by atoms with Gasteiger partial charge in [0.1, 0.15) is 0 Å². The third-order valence-corrected chi connectivity index (χ3v) is 5.37. The van der Waals surface area contributed by atoms with E-state index in [2.05, 4.69) is 42.1 Å². The van der Waals surface area contributed by atoms with Gasteiger partial charge in [0.2, 0.25) is 0 Å². The molecule has 2 unspecified atom stereocenters. The molecule has 0 saturated carbocycles. The third kappa shape index (κ3) is 3.37. The van der Waals surface area contributed by atoms with E-state index in [1.54, 1.807) is 0 Å². The van der Waals surface area contributed by atoms with Crippen molar-refractivity contribution in [3.05, 3.63) is 21.9 Å². The average Bonchev–Trinajstić information content (AvgIpc) is 2.72. The first-order valence-corrected chi connectivity index (χ1v) is 8.23. The molecule has 0 radical (unpaired) electrons. The van der Waals surface area contributed by atoms with E-state index in [1.165, 1.54) is 36.4 Å². The summed E-state index contributed by atoms with van der Waals surface area (Å²) < 4.78 is 0. The van der Waals surface area contributed by atoms with E-state index < -0.39 is 0 Å². The van der Waals surface area contributed by atoms with Crippen LogP contribution in [-0.2, 0) is 0 Å². The van der Waals surface area contributed by atoms with E-state index in [1.807, 2.05) is 11.3 Å². The van der Waals surface area contributed by atoms with E-state index >= 15 is 0 Å². The number of hydrogen-bond acceptors (Lipinski definition) is 4. The topological polar surface area (TPSA) is 32.5 Å². The molecule has 0 aromatic carbocycles. The second-order valence-corrected chi connectivity index (χ2v) is 6.58. The standard InChI is InChI=1S/C15H27N3S/c1-4-13-11-17(3)7-5-8-18(13)14(10-16)15-12(2)6-9-19-15/h6,9,13-14H,4-5,7-8,10-11,16H2,1-3H3. The molecule has 1 aliphatic rings. The Hall–Kier alpha value is -0.420. The van der Waals surface area contributed by atoms with Crippen LogP contribution >= 0.6 is 11.3 Å². The van der Waals surface area contributed by atoms with Gasteiger partial charge in [-0.1, -0.05) is 6.92 Å². The van der Waals surface area contributed by atoms with Gasteiger partial charge in [0.15, 0.2) is 0 Å². The molecular weight excluding hydrogens is 254 g/mol. The van der Waals surface area contributed by atoms with E-state index in [4.69, 9.17) is 5.73 Å². The largest absolute Gasteiger partial charge is 0.329 e. The van der Waals surface area contributed by atoms with Gasteiger partial charge in [-0.3, -0.25) is 4.90 Å². The molecule has 3 nitrogen and oxygen atoms in total. The van der Waals surface area contributed by atoms with Crippen molar-refractivity contribution in [1.29, 1.82) is 0 Å². The molecule has 1 saturated heterocycles. The first-order valence-electron chi connectivity index (χ1n) is 7.35. The Morgan fingerprint density at radius 1 is 1.47 bits per heavy atom. The minimum absolute atomic E-state index is 0.399. The molecule has 1 aliphatic heterocycles. The van der Waals surface area contributed by atoms with Crippen LogP contribution in [-0.4, -0.2) is 49.1 Å². The van der Waals surface area contributed by atoms with Crippen LogP contribution in [0.4, 0.5) is 0 Å². The summed E-state index contributed by atoms with van der Waals surface area (Å²) in [6.45, 7) is 8.76. The first-order chi connectivity index (χ1) is 9.17. The Morgan fingerprint density at radius 2 is 2.26 bits per heavy atom. The smallest absolute Gasteiger partial charge is 0.0569 e. The van der Waals surface area contributed by atoms with Crippen LogP contribution in [0, 0.1) is 6.92 Å². The first kappa shape index (κ1) is 15.0.